The van der Waals surface area contributed by atoms with Crippen LogP contribution in [0.25, 0.3) is 11.3 Å². The highest BCUT2D eigenvalue weighted by atomic mass is 19.3. The summed E-state index contributed by atoms with van der Waals surface area (Å²) in [7, 11) is -0.608. The van der Waals surface area contributed by atoms with Gasteiger partial charge in [-0.25, -0.2) is 4.74 Å². The molecule has 4 nitrogen and oxygen atoms in total. The Labute approximate surface area is 160 Å². The van der Waals surface area contributed by atoms with E-state index in [0.29, 0.717) is 11.2 Å². The fourth-order valence-electron chi connectivity index (χ4n) is 3.16. The normalized spacial score (nSPS) is 23.6. The molecule has 3 heterocycles. The summed E-state index contributed by atoms with van der Waals surface area (Å²) < 4.78 is 70.2. The third kappa shape index (κ3) is 2.92. The number of aromatic nitrogens is 1. The molecule has 28 heavy (non-hydrogen) atoms. The van der Waals surface area contributed by atoms with Crippen LogP contribution in [0.4, 0.5) is 17.6 Å². The predicted octanol–water partition coefficient (Wildman–Crippen LogP) is 4.18. The average molecular weight is 395 g/mol. The van der Waals surface area contributed by atoms with E-state index in [-0.39, 0.29) is 5.56 Å². The minimum absolute atomic E-state index is 0.278. The maximum absolute atomic E-state index is 13.8. The van der Waals surface area contributed by atoms with Gasteiger partial charge in [-0.05, 0) is 45.9 Å². The smallest absolute Gasteiger partial charge is 0.399 e. The summed E-state index contributed by atoms with van der Waals surface area (Å²) in [5.41, 5.74) is -1.40. The number of pyridine rings is 1. The van der Waals surface area contributed by atoms with E-state index < -0.39 is 41.7 Å². The van der Waals surface area contributed by atoms with Crippen LogP contribution in [0.15, 0.2) is 36.5 Å². The first-order valence-electron chi connectivity index (χ1n) is 8.75. The van der Waals surface area contributed by atoms with Crippen LogP contribution in [-0.4, -0.2) is 23.3 Å². The standard InChI is InChI=1S/C19H18BF4NO3/c1-16(2)17(3,4)28-20(27-16)12-6-8-15(25-10-12)11-5-7-13-14(9-11)19(23,24)26-18(13,21)22/h5-10H,1-4H3. The molecule has 1 fully saturated rings. The molecule has 9 heteroatoms. The van der Waals surface area contributed by atoms with Crippen molar-refractivity contribution >= 4 is 12.6 Å². The summed E-state index contributed by atoms with van der Waals surface area (Å²) in [5.74, 6) is 0. The molecule has 0 saturated carbocycles. The second kappa shape index (κ2) is 5.78. The predicted molar refractivity (Wildman–Crippen MR) is 94.3 cm³/mol. The SMILES string of the molecule is CC1(C)OB(c2ccc(-c3ccc4c(c3)C(F)(F)OC4(F)F)nc2)OC1(C)C. The number of nitrogens with zero attached hydrogens (tertiary/aromatic N) is 1. The van der Waals surface area contributed by atoms with E-state index in [1.807, 2.05) is 27.7 Å². The van der Waals surface area contributed by atoms with Gasteiger partial charge in [-0.15, -0.1) is 0 Å². The fraction of sp³-hybridized carbons (Fsp3) is 0.421. The Kier molecular flexibility index (Phi) is 3.99. The molecule has 1 aromatic heterocycles. The van der Waals surface area contributed by atoms with Gasteiger partial charge in [-0.3, -0.25) is 4.98 Å². The number of alkyl halides is 4. The van der Waals surface area contributed by atoms with Crippen LogP contribution in [0.5, 0.6) is 0 Å². The van der Waals surface area contributed by atoms with Crippen molar-refractivity contribution in [1.82, 2.24) is 4.98 Å². The molecule has 0 unspecified atom stereocenters. The van der Waals surface area contributed by atoms with Crippen molar-refractivity contribution in [3.8, 4) is 11.3 Å². The van der Waals surface area contributed by atoms with Gasteiger partial charge >= 0.3 is 19.3 Å². The van der Waals surface area contributed by atoms with Gasteiger partial charge in [0.2, 0.25) is 0 Å². The first-order valence-corrected chi connectivity index (χ1v) is 8.75. The number of hydrogen-bond acceptors (Lipinski definition) is 4. The molecule has 2 aliphatic rings. The van der Waals surface area contributed by atoms with Gasteiger partial charge in [0.25, 0.3) is 0 Å². The second-order valence-electron chi connectivity index (χ2n) is 7.96. The Balaban J connectivity index is 1.63. The lowest BCUT2D eigenvalue weighted by Crippen LogP contribution is -2.41. The molecule has 0 radical (unpaired) electrons. The van der Waals surface area contributed by atoms with Crippen molar-refractivity contribution in [2.24, 2.45) is 0 Å². The minimum Gasteiger partial charge on any atom is -0.399 e. The van der Waals surface area contributed by atoms with Crippen LogP contribution >= 0.6 is 0 Å². The van der Waals surface area contributed by atoms with Crippen LogP contribution in [0, 0.1) is 0 Å². The van der Waals surface area contributed by atoms with Crippen molar-refractivity contribution in [3.63, 3.8) is 0 Å². The van der Waals surface area contributed by atoms with Gasteiger partial charge in [0.1, 0.15) is 0 Å². The van der Waals surface area contributed by atoms with E-state index in [0.717, 1.165) is 12.1 Å². The topological polar surface area (TPSA) is 40.6 Å². The average Bonchev–Trinajstić information content (AvgIpc) is 2.92. The van der Waals surface area contributed by atoms with Crippen molar-refractivity contribution in [3.05, 3.63) is 47.7 Å². The lowest BCUT2D eigenvalue weighted by molar-refractivity contribution is -0.369. The second-order valence-corrected chi connectivity index (χ2v) is 7.96. The zero-order chi connectivity index (χ0) is 20.5. The summed E-state index contributed by atoms with van der Waals surface area (Å²) in [5, 5.41) is 0. The van der Waals surface area contributed by atoms with Gasteiger partial charge in [-0.2, -0.15) is 17.6 Å². The van der Waals surface area contributed by atoms with E-state index in [2.05, 4.69) is 9.72 Å². The number of halogens is 4. The van der Waals surface area contributed by atoms with E-state index >= 15 is 0 Å². The Morgan fingerprint density at radius 1 is 0.821 bits per heavy atom. The van der Waals surface area contributed by atoms with Gasteiger partial charge in [0.15, 0.2) is 0 Å². The third-order valence-electron chi connectivity index (χ3n) is 5.51. The largest absolute Gasteiger partial charge is 0.496 e. The van der Waals surface area contributed by atoms with E-state index in [1.165, 1.54) is 12.3 Å². The van der Waals surface area contributed by atoms with Gasteiger partial charge in [0, 0.05) is 17.2 Å². The summed E-state index contributed by atoms with van der Waals surface area (Å²) in [4.78, 5) is 4.27. The van der Waals surface area contributed by atoms with Crippen molar-refractivity contribution in [2.75, 3.05) is 0 Å². The Morgan fingerprint density at radius 2 is 1.43 bits per heavy atom. The highest BCUT2D eigenvalue weighted by Gasteiger charge is 2.57. The molecule has 1 aromatic carbocycles. The van der Waals surface area contributed by atoms with Crippen LogP contribution in [-0.2, 0) is 26.3 Å². The summed E-state index contributed by atoms with van der Waals surface area (Å²) in [6, 6.07) is 6.55. The molecular formula is C19H18BF4NO3. The first-order chi connectivity index (χ1) is 12.8. The van der Waals surface area contributed by atoms with E-state index in [1.54, 1.807) is 12.1 Å². The zero-order valence-electron chi connectivity index (χ0n) is 15.7. The Morgan fingerprint density at radius 3 is 2.00 bits per heavy atom. The molecule has 0 spiro atoms. The van der Waals surface area contributed by atoms with E-state index in [9.17, 15) is 17.6 Å². The number of hydrogen-bond donors (Lipinski definition) is 0. The minimum atomic E-state index is -4.06. The highest BCUT2D eigenvalue weighted by Crippen LogP contribution is 2.51. The van der Waals surface area contributed by atoms with E-state index in [4.69, 9.17) is 9.31 Å². The molecular weight excluding hydrogens is 377 g/mol. The molecule has 0 aliphatic carbocycles. The van der Waals surface area contributed by atoms with Gasteiger partial charge in [0.05, 0.1) is 28.0 Å². The fourth-order valence-corrected chi connectivity index (χ4v) is 3.16. The van der Waals surface area contributed by atoms with Crippen molar-refractivity contribution in [2.45, 2.75) is 51.1 Å². The summed E-state index contributed by atoms with van der Waals surface area (Å²) >= 11 is 0. The zero-order valence-corrected chi connectivity index (χ0v) is 15.7. The molecule has 0 amide bonds. The maximum atomic E-state index is 13.8. The number of benzene rings is 1. The number of rotatable bonds is 2. The molecule has 0 N–H and O–H groups in total. The molecule has 4 rings (SSSR count). The molecule has 0 atom stereocenters. The van der Waals surface area contributed by atoms with Crippen LogP contribution in [0.3, 0.4) is 0 Å². The summed E-state index contributed by atoms with van der Waals surface area (Å²) in [6.07, 6.45) is -6.56. The Hall–Kier alpha value is -1.97. The van der Waals surface area contributed by atoms with Crippen molar-refractivity contribution < 1.29 is 31.6 Å². The monoisotopic (exact) mass is 395 g/mol. The van der Waals surface area contributed by atoms with Gasteiger partial charge in [-0.1, -0.05) is 12.1 Å². The molecule has 2 aromatic rings. The Bertz CT molecular complexity index is 915. The number of ether oxygens (including phenoxy) is 1. The number of fused-ring (bicyclic) bond motifs is 1. The third-order valence-corrected chi connectivity index (χ3v) is 5.51. The van der Waals surface area contributed by atoms with Crippen LogP contribution < -0.4 is 5.46 Å². The maximum Gasteiger partial charge on any atom is 0.496 e. The first kappa shape index (κ1) is 19.4. The molecule has 1 saturated heterocycles. The van der Waals surface area contributed by atoms with Crippen LogP contribution in [0.2, 0.25) is 0 Å². The van der Waals surface area contributed by atoms with Crippen LogP contribution in [0.1, 0.15) is 38.8 Å². The quantitative estimate of drug-likeness (QED) is 0.565. The lowest BCUT2D eigenvalue weighted by Gasteiger charge is -2.32. The molecule has 2 aliphatic heterocycles. The van der Waals surface area contributed by atoms with Crippen molar-refractivity contribution in [1.29, 1.82) is 0 Å². The summed E-state index contributed by atoms with van der Waals surface area (Å²) in [6.45, 7) is 7.71. The highest BCUT2D eigenvalue weighted by molar-refractivity contribution is 6.62. The molecule has 0 bridgehead atoms. The molecule has 148 valence electrons. The van der Waals surface area contributed by atoms with Gasteiger partial charge < -0.3 is 9.31 Å². The lowest BCUT2D eigenvalue weighted by atomic mass is 9.80.